The quantitative estimate of drug-likeness (QED) is 0.164. The first-order chi connectivity index (χ1) is 32.8. The third kappa shape index (κ3) is 4.52. The molecule has 12 aromatic rings. The minimum Gasteiger partial charge on any atom is -0.311 e. The molecule has 10 aromatic carbocycles. The van der Waals surface area contributed by atoms with Crippen LogP contribution in [0.4, 0.5) is 17.1 Å². The molecule has 6 heteroatoms. The second kappa shape index (κ2) is 12.9. The second-order valence-electron chi connectivity index (χ2n) is 18.3. The molecule has 0 spiro atoms. The molecule has 4 aliphatic rings. The molecule has 4 aliphatic heterocycles. The van der Waals surface area contributed by atoms with Gasteiger partial charge in [-0.05, 0) is 110 Å². The summed E-state index contributed by atoms with van der Waals surface area (Å²) < 4.78 is 5.25. The van der Waals surface area contributed by atoms with Gasteiger partial charge in [0, 0.05) is 59.8 Å². The van der Waals surface area contributed by atoms with Gasteiger partial charge in [0.15, 0.2) is 0 Å². The Balaban J connectivity index is 1.04. The summed E-state index contributed by atoms with van der Waals surface area (Å²) in [6, 6.07) is 80.0. The van der Waals surface area contributed by atoms with Gasteiger partial charge in [-0.1, -0.05) is 169 Å². The van der Waals surface area contributed by atoms with Gasteiger partial charge < -0.3 is 14.0 Å². The van der Waals surface area contributed by atoms with E-state index in [0.29, 0.717) is 0 Å². The summed E-state index contributed by atoms with van der Waals surface area (Å²) in [4.78, 5) is 5.19. The smallest absolute Gasteiger partial charge is 0.252 e. The number of anilines is 3. The first-order valence-electron chi connectivity index (χ1n) is 23.0. The van der Waals surface area contributed by atoms with Gasteiger partial charge in [-0.3, -0.25) is 0 Å². The van der Waals surface area contributed by atoms with Gasteiger partial charge in [0.2, 0.25) is 6.71 Å². The van der Waals surface area contributed by atoms with Crippen molar-refractivity contribution in [2.75, 3.05) is 4.90 Å². The Morgan fingerprint density at radius 3 is 1.52 bits per heavy atom. The molecule has 0 atom stereocenters. The Kier molecular flexibility index (Phi) is 6.91. The SMILES string of the molecule is c1ccc(-c2ccc3c(c2)B2c4ccccc4Sc4ccc5c6cc7c8ccc9c%10c8n(c7cc6n-3c5c42)-c2ccc(-c3ccccc3)cc2B%10c2ccccc2N9c2ccccc2)cc1. The third-order valence-corrected chi connectivity index (χ3v) is 16.3. The van der Waals surface area contributed by atoms with Crippen LogP contribution in [0.1, 0.15) is 0 Å². The summed E-state index contributed by atoms with van der Waals surface area (Å²) in [6.45, 7) is 0.190. The molecule has 66 heavy (non-hydrogen) atoms. The van der Waals surface area contributed by atoms with Gasteiger partial charge in [0.25, 0.3) is 6.71 Å². The number of nitrogens with zero attached hydrogens (tertiary/aromatic N) is 3. The monoisotopic (exact) mass is 851 g/mol. The van der Waals surface area contributed by atoms with Crippen molar-refractivity contribution in [2.24, 2.45) is 0 Å². The molecule has 2 aromatic heterocycles. The largest absolute Gasteiger partial charge is 0.311 e. The Bertz CT molecular complexity index is 4100. The summed E-state index contributed by atoms with van der Waals surface area (Å²) in [7, 11) is 0. The minimum absolute atomic E-state index is 0.0551. The fraction of sp³-hybridized carbons (Fsp3) is 0. The lowest BCUT2D eigenvalue weighted by molar-refractivity contribution is 1.17. The molecule has 0 saturated heterocycles. The molecule has 6 heterocycles. The number of aromatic nitrogens is 2. The van der Waals surface area contributed by atoms with E-state index >= 15 is 0 Å². The van der Waals surface area contributed by atoms with Crippen LogP contribution in [-0.2, 0) is 0 Å². The van der Waals surface area contributed by atoms with Crippen LogP contribution < -0.4 is 37.7 Å². The highest BCUT2D eigenvalue weighted by atomic mass is 32.2. The first kappa shape index (κ1) is 35.4. The molecule has 0 N–H and O–H groups in total. The average Bonchev–Trinajstić information content (AvgIpc) is 3.89. The lowest BCUT2D eigenvalue weighted by atomic mass is 9.33. The zero-order valence-corrected chi connectivity index (χ0v) is 36.4. The molecule has 0 unspecified atom stereocenters. The lowest BCUT2D eigenvalue weighted by Gasteiger charge is -2.40. The summed E-state index contributed by atoms with van der Waals surface area (Å²) in [6.07, 6.45) is 0. The van der Waals surface area contributed by atoms with E-state index in [1.807, 2.05) is 11.8 Å². The normalized spacial score (nSPS) is 13.6. The third-order valence-electron chi connectivity index (χ3n) is 15.1. The summed E-state index contributed by atoms with van der Waals surface area (Å²) in [5.74, 6) is 0. The molecule has 3 nitrogen and oxygen atoms in total. The Labute approximate surface area is 386 Å². The van der Waals surface area contributed by atoms with E-state index in [4.69, 9.17) is 0 Å². The van der Waals surface area contributed by atoms with E-state index in [1.54, 1.807) is 0 Å². The number of para-hydroxylation sites is 2. The van der Waals surface area contributed by atoms with Crippen LogP contribution in [0, 0.1) is 0 Å². The fourth-order valence-corrected chi connectivity index (χ4v) is 13.6. The fourth-order valence-electron chi connectivity index (χ4n) is 12.5. The Morgan fingerprint density at radius 1 is 0.318 bits per heavy atom. The molecule has 0 aliphatic carbocycles. The van der Waals surface area contributed by atoms with E-state index in [2.05, 4.69) is 226 Å². The van der Waals surface area contributed by atoms with Crippen LogP contribution in [0.2, 0.25) is 0 Å². The zero-order chi connectivity index (χ0) is 42.8. The van der Waals surface area contributed by atoms with Crippen molar-refractivity contribution >= 4 is 119 Å². The van der Waals surface area contributed by atoms with E-state index < -0.39 is 0 Å². The Hall–Kier alpha value is -7.92. The number of hydrogen-bond donors (Lipinski definition) is 0. The predicted molar refractivity (Wildman–Crippen MR) is 281 cm³/mol. The Morgan fingerprint density at radius 2 is 0.848 bits per heavy atom. The number of hydrogen-bond acceptors (Lipinski definition) is 2. The van der Waals surface area contributed by atoms with E-state index in [-0.39, 0.29) is 13.4 Å². The number of rotatable bonds is 3. The van der Waals surface area contributed by atoms with E-state index in [9.17, 15) is 0 Å². The average molecular weight is 852 g/mol. The summed E-state index contributed by atoms with van der Waals surface area (Å²) in [5.41, 5.74) is 24.5. The number of fused-ring (bicyclic) bond motifs is 16. The second-order valence-corrected chi connectivity index (χ2v) is 19.4. The number of benzene rings is 10. The molecule has 16 rings (SSSR count). The molecule has 0 bridgehead atoms. The van der Waals surface area contributed by atoms with Gasteiger partial charge >= 0.3 is 0 Å². The maximum absolute atomic E-state index is 2.62. The topological polar surface area (TPSA) is 13.1 Å². The van der Waals surface area contributed by atoms with Gasteiger partial charge in [-0.25, -0.2) is 0 Å². The van der Waals surface area contributed by atoms with Gasteiger partial charge in [-0.15, -0.1) is 0 Å². The van der Waals surface area contributed by atoms with Crippen LogP contribution in [-0.4, -0.2) is 22.6 Å². The molecular formula is C60H35B2N3S. The van der Waals surface area contributed by atoms with Gasteiger partial charge in [0.1, 0.15) is 0 Å². The van der Waals surface area contributed by atoms with Crippen LogP contribution in [0.25, 0.3) is 77.2 Å². The molecule has 0 fully saturated rings. The molecule has 0 saturated carbocycles. The van der Waals surface area contributed by atoms with Crippen molar-refractivity contribution < 1.29 is 0 Å². The minimum atomic E-state index is 0.0551. The van der Waals surface area contributed by atoms with Crippen LogP contribution in [0.3, 0.4) is 0 Å². The molecule has 302 valence electrons. The highest BCUT2D eigenvalue weighted by Gasteiger charge is 2.43. The van der Waals surface area contributed by atoms with Gasteiger partial charge in [-0.2, -0.15) is 0 Å². The standard InChI is InChI=1S/C60H35B2N3S/c1-4-14-36(15-5-1)38-24-28-50-47(32-38)61-45-20-10-12-22-49(45)63(40-18-8-3-9-19-40)52-30-26-41-43-34-44-42-27-31-56-58-60(42)65(54(44)35-53(43)64(50)59(41)57(52)61)51-29-25-39(37-16-6-2-7-17-37)33-48(51)62(58)46-21-11-13-23-55(46)66-56/h1-35H. The van der Waals surface area contributed by atoms with Crippen LogP contribution in [0.5, 0.6) is 0 Å². The van der Waals surface area contributed by atoms with Crippen molar-refractivity contribution in [2.45, 2.75) is 9.79 Å². The van der Waals surface area contributed by atoms with E-state index in [0.717, 1.165) is 0 Å². The van der Waals surface area contributed by atoms with E-state index in [1.165, 1.54) is 137 Å². The first-order valence-corrected chi connectivity index (χ1v) is 23.8. The van der Waals surface area contributed by atoms with Crippen LogP contribution >= 0.6 is 11.8 Å². The highest BCUT2D eigenvalue weighted by Crippen LogP contribution is 2.46. The van der Waals surface area contributed by atoms with Crippen molar-refractivity contribution in [3.8, 4) is 33.6 Å². The summed E-state index contributed by atoms with van der Waals surface area (Å²) >= 11 is 1.92. The predicted octanol–water partition coefficient (Wildman–Crippen LogP) is 11.1. The highest BCUT2D eigenvalue weighted by molar-refractivity contribution is 8.00. The molecule has 0 radical (unpaired) electrons. The van der Waals surface area contributed by atoms with Crippen molar-refractivity contribution in [3.05, 3.63) is 212 Å². The van der Waals surface area contributed by atoms with Crippen LogP contribution in [0.15, 0.2) is 222 Å². The van der Waals surface area contributed by atoms with Crippen molar-refractivity contribution in [1.29, 1.82) is 0 Å². The maximum atomic E-state index is 2.62. The van der Waals surface area contributed by atoms with Crippen molar-refractivity contribution in [3.63, 3.8) is 0 Å². The van der Waals surface area contributed by atoms with Crippen molar-refractivity contribution in [1.82, 2.24) is 9.13 Å². The van der Waals surface area contributed by atoms with Gasteiger partial charge in [0.05, 0.1) is 22.1 Å². The maximum Gasteiger partial charge on any atom is 0.252 e. The zero-order valence-electron chi connectivity index (χ0n) is 35.6. The summed E-state index contributed by atoms with van der Waals surface area (Å²) in [5, 5.41) is 5.20. The molecular weight excluding hydrogens is 816 g/mol. The lowest BCUT2D eigenvalue weighted by Crippen LogP contribution is -2.60. The molecule has 0 amide bonds.